The zero-order chi connectivity index (χ0) is 19.6. The number of carbonyl (C=O) groups excluding carboxylic acids is 1. The number of benzene rings is 2. The molecule has 1 aliphatic rings. The molecule has 0 radical (unpaired) electrons. The van der Waals surface area contributed by atoms with E-state index in [1.807, 2.05) is 43.3 Å². The van der Waals surface area contributed by atoms with Crippen molar-refractivity contribution in [2.24, 2.45) is 0 Å². The van der Waals surface area contributed by atoms with Crippen LogP contribution in [0, 0.1) is 6.92 Å². The highest BCUT2D eigenvalue weighted by molar-refractivity contribution is 5.94. The SMILES string of the molecule is COc1cccc([C@@H](C)NC(=O)c2ccc(C3C(C)NNC3C)c(C)c2)c1. The molecule has 0 spiro atoms. The fourth-order valence-electron chi connectivity index (χ4n) is 3.88. The topological polar surface area (TPSA) is 62.4 Å². The lowest BCUT2D eigenvalue weighted by Gasteiger charge is -2.21. The quantitative estimate of drug-likeness (QED) is 0.757. The first-order valence-electron chi connectivity index (χ1n) is 9.47. The molecular formula is C22H29N3O2. The molecule has 1 heterocycles. The van der Waals surface area contributed by atoms with Crippen LogP contribution in [-0.2, 0) is 0 Å². The predicted octanol–water partition coefficient (Wildman–Crippen LogP) is 3.46. The first-order chi connectivity index (χ1) is 12.9. The summed E-state index contributed by atoms with van der Waals surface area (Å²) in [4.78, 5) is 12.7. The average molecular weight is 367 g/mol. The second-order valence-electron chi connectivity index (χ2n) is 7.43. The van der Waals surface area contributed by atoms with Crippen molar-refractivity contribution in [3.63, 3.8) is 0 Å². The Morgan fingerprint density at radius 1 is 1.11 bits per heavy atom. The predicted molar refractivity (Wildman–Crippen MR) is 108 cm³/mol. The van der Waals surface area contributed by atoms with E-state index in [0.717, 1.165) is 16.9 Å². The molecule has 3 N–H and O–H groups in total. The van der Waals surface area contributed by atoms with Gasteiger partial charge < -0.3 is 10.1 Å². The summed E-state index contributed by atoms with van der Waals surface area (Å²) in [5, 5.41) is 3.08. The summed E-state index contributed by atoms with van der Waals surface area (Å²) >= 11 is 0. The highest BCUT2D eigenvalue weighted by atomic mass is 16.5. The molecule has 1 aliphatic heterocycles. The largest absolute Gasteiger partial charge is 0.497 e. The summed E-state index contributed by atoms with van der Waals surface area (Å²) in [7, 11) is 1.64. The van der Waals surface area contributed by atoms with Crippen LogP contribution >= 0.6 is 0 Å². The summed E-state index contributed by atoms with van der Waals surface area (Å²) in [6, 6.07) is 14.4. The summed E-state index contributed by atoms with van der Waals surface area (Å²) in [6.45, 7) is 8.41. The molecular weight excluding hydrogens is 338 g/mol. The van der Waals surface area contributed by atoms with Crippen molar-refractivity contribution in [1.29, 1.82) is 0 Å². The Morgan fingerprint density at radius 2 is 1.81 bits per heavy atom. The Bertz CT molecular complexity index is 811. The Balaban J connectivity index is 1.74. The van der Waals surface area contributed by atoms with E-state index in [9.17, 15) is 4.79 Å². The minimum Gasteiger partial charge on any atom is -0.497 e. The number of hydrogen-bond acceptors (Lipinski definition) is 4. The molecule has 2 aromatic carbocycles. The van der Waals surface area contributed by atoms with E-state index in [4.69, 9.17) is 4.74 Å². The number of hydrogen-bond donors (Lipinski definition) is 3. The molecule has 3 atom stereocenters. The molecule has 0 aliphatic carbocycles. The fraction of sp³-hybridized carbons (Fsp3) is 0.409. The van der Waals surface area contributed by atoms with E-state index in [-0.39, 0.29) is 11.9 Å². The van der Waals surface area contributed by atoms with Gasteiger partial charge in [-0.05, 0) is 68.7 Å². The van der Waals surface area contributed by atoms with Gasteiger partial charge in [-0.15, -0.1) is 0 Å². The molecule has 27 heavy (non-hydrogen) atoms. The van der Waals surface area contributed by atoms with E-state index in [1.165, 1.54) is 5.56 Å². The molecule has 1 saturated heterocycles. The number of aryl methyl sites for hydroxylation is 1. The van der Waals surface area contributed by atoms with Crippen molar-refractivity contribution in [1.82, 2.24) is 16.2 Å². The molecule has 0 saturated carbocycles. The van der Waals surface area contributed by atoms with E-state index in [2.05, 4.69) is 43.0 Å². The van der Waals surface area contributed by atoms with Crippen LogP contribution in [0.4, 0.5) is 0 Å². The van der Waals surface area contributed by atoms with Crippen LogP contribution in [0.25, 0.3) is 0 Å². The molecule has 2 aromatic rings. The van der Waals surface area contributed by atoms with Crippen LogP contribution in [0.5, 0.6) is 5.75 Å². The summed E-state index contributed by atoms with van der Waals surface area (Å²) in [5.74, 6) is 1.11. The third kappa shape index (κ3) is 4.15. The lowest BCUT2D eigenvalue weighted by Crippen LogP contribution is -2.30. The molecule has 144 valence electrons. The first-order valence-corrected chi connectivity index (χ1v) is 9.47. The van der Waals surface area contributed by atoms with Gasteiger partial charge in [0.25, 0.3) is 5.91 Å². The Morgan fingerprint density at radius 3 is 2.44 bits per heavy atom. The minimum absolute atomic E-state index is 0.0660. The number of ether oxygens (including phenoxy) is 1. The average Bonchev–Trinajstić information content (AvgIpc) is 3.00. The zero-order valence-corrected chi connectivity index (χ0v) is 16.7. The van der Waals surface area contributed by atoms with Gasteiger partial charge in [0.1, 0.15) is 5.75 Å². The van der Waals surface area contributed by atoms with Gasteiger partial charge in [-0.2, -0.15) is 0 Å². The molecule has 0 aromatic heterocycles. The van der Waals surface area contributed by atoms with Crippen LogP contribution in [0.15, 0.2) is 42.5 Å². The van der Waals surface area contributed by atoms with E-state index < -0.39 is 0 Å². The van der Waals surface area contributed by atoms with Gasteiger partial charge in [0.05, 0.1) is 13.2 Å². The molecule has 0 bridgehead atoms. The molecule has 5 nitrogen and oxygen atoms in total. The third-order valence-corrected chi connectivity index (χ3v) is 5.45. The molecule has 1 fully saturated rings. The van der Waals surface area contributed by atoms with Gasteiger partial charge in [-0.1, -0.05) is 18.2 Å². The second-order valence-corrected chi connectivity index (χ2v) is 7.43. The zero-order valence-electron chi connectivity index (χ0n) is 16.7. The Labute approximate surface area is 161 Å². The smallest absolute Gasteiger partial charge is 0.251 e. The van der Waals surface area contributed by atoms with Crippen molar-refractivity contribution in [2.45, 2.75) is 51.7 Å². The van der Waals surface area contributed by atoms with Crippen LogP contribution in [-0.4, -0.2) is 25.1 Å². The van der Waals surface area contributed by atoms with Crippen molar-refractivity contribution < 1.29 is 9.53 Å². The Kier molecular flexibility index (Phi) is 5.82. The van der Waals surface area contributed by atoms with Gasteiger partial charge in [0, 0.05) is 23.6 Å². The normalized spacial score (nSPS) is 23.1. The molecule has 5 heteroatoms. The lowest BCUT2D eigenvalue weighted by atomic mass is 9.85. The lowest BCUT2D eigenvalue weighted by molar-refractivity contribution is 0.0939. The van der Waals surface area contributed by atoms with Crippen molar-refractivity contribution in [2.75, 3.05) is 7.11 Å². The number of carbonyl (C=O) groups is 1. The second kappa shape index (κ2) is 8.11. The Hall–Kier alpha value is -2.37. The minimum atomic E-state index is -0.101. The summed E-state index contributed by atoms with van der Waals surface area (Å²) < 4.78 is 5.27. The van der Waals surface area contributed by atoms with Crippen molar-refractivity contribution >= 4 is 5.91 Å². The van der Waals surface area contributed by atoms with Gasteiger partial charge in [-0.25, -0.2) is 0 Å². The number of methoxy groups -OCH3 is 1. The van der Waals surface area contributed by atoms with Gasteiger partial charge >= 0.3 is 0 Å². The standard InChI is InChI=1S/C22H29N3O2/c1-13-11-18(9-10-20(13)21-15(3)24-25-16(21)4)22(26)23-14(2)17-7-6-8-19(12-17)27-5/h6-12,14-16,21,24-25H,1-5H3,(H,23,26)/t14-,15?,16?,21?/m1/s1. The highest BCUT2D eigenvalue weighted by Gasteiger charge is 2.32. The van der Waals surface area contributed by atoms with E-state index in [0.29, 0.717) is 23.6 Å². The van der Waals surface area contributed by atoms with E-state index in [1.54, 1.807) is 7.11 Å². The first kappa shape index (κ1) is 19.4. The van der Waals surface area contributed by atoms with Gasteiger partial charge in [0.2, 0.25) is 0 Å². The molecule has 1 amide bonds. The van der Waals surface area contributed by atoms with Crippen molar-refractivity contribution in [3.05, 3.63) is 64.7 Å². The van der Waals surface area contributed by atoms with Crippen molar-refractivity contribution in [3.8, 4) is 5.75 Å². The van der Waals surface area contributed by atoms with Crippen LogP contribution in [0.1, 0.15) is 59.8 Å². The van der Waals surface area contributed by atoms with Gasteiger partial charge in [-0.3, -0.25) is 15.6 Å². The summed E-state index contributed by atoms with van der Waals surface area (Å²) in [6.07, 6.45) is 0. The van der Waals surface area contributed by atoms with Crippen LogP contribution in [0.2, 0.25) is 0 Å². The number of hydrazine groups is 1. The van der Waals surface area contributed by atoms with Crippen LogP contribution in [0.3, 0.4) is 0 Å². The molecule has 2 unspecified atom stereocenters. The fourth-order valence-corrected chi connectivity index (χ4v) is 3.88. The number of nitrogens with one attached hydrogen (secondary N) is 3. The van der Waals surface area contributed by atoms with Gasteiger partial charge in [0.15, 0.2) is 0 Å². The number of rotatable bonds is 5. The maximum Gasteiger partial charge on any atom is 0.251 e. The maximum atomic E-state index is 12.7. The third-order valence-electron chi connectivity index (χ3n) is 5.45. The van der Waals surface area contributed by atoms with Crippen LogP contribution < -0.4 is 20.9 Å². The molecule has 3 rings (SSSR count). The highest BCUT2D eigenvalue weighted by Crippen LogP contribution is 2.30. The monoisotopic (exact) mass is 367 g/mol. The summed E-state index contributed by atoms with van der Waals surface area (Å²) in [5.41, 5.74) is 10.7. The number of amides is 1. The maximum absolute atomic E-state index is 12.7. The van der Waals surface area contributed by atoms with E-state index >= 15 is 0 Å².